The van der Waals surface area contributed by atoms with E-state index < -0.39 is 8.24 Å². The Morgan fingerprint density at radius 2 is 1.32 bits per heavy atom. The Balaban J connectivity index is 2.07. The fourth-order valence-corrected chi connectivity index (χ4v) is 12.1. The fraction of sp³-hybridized carbons (Fsp3) is 0.652. The van der Waals surface area contributed by atoms with Crippen LogP contribution in [0.2, 0.25) is 16.6 Å². The zero-order chi connectivity index (χ0) is 21.1. The quantitative estimate of drug-likeness (QED) is 0.579. The van der Waals surface area contributed by atoms with Crippen molar-refractivity contribution >= 4 is 31.7 Å². The third-order valence-corrected chi connectivity index (χ3v) is 14.2. The number of fused-ring (bicyclic) bond motifs is 1. The van der Waals surface area contributed by atoms with E-state index in [1.807, 2.05) is 0 Å². The molecule has 1 aromatic carbocycles. The summed E-state index contributed by atoms with van der Waals surface area (Å²) in [5.41, 5.74) is 3.85. The molecular weight excluding hydrogens is 361 g/mol. The first-order valence-electron chi connectivity index (χ1n) is 10.8. The van der Waals surface area contributed by atoms with Gasteiger partial charge in [0.2, 0.25) is 0 Å². The molecule has 0 radical (unpaired) electrons. The zero-order valence-electron chi connectivity index (χ0n) is 19.5. The molecule has 1 saturated heterocycles. The molecule has 2 aromatic rings. The van der Waals surface area contributed by atoms with E-state index in [2.05, 4.69) is 104 Å². The summed E-state index contributed by atoms with van der Waals surface area (Å²) in [6, 6.07) is 9.01. The number of hydrogen-bond acceptors (Lipinski definition) is 2. The molecule has 0 unspecified atom stereocenters. The van der Waals surface area contributed by atoms with Crippen molar-refractivity contribution in [2.24, 2.45) is 0 Å². The van der Waals surface area contributed by atoms with E-state index in [1.54, 1.807) is 0 Å². The summed E-state index contributed by atoms with van der Waals surface area (Å²) in [6.45, 7) is 22.9. The SMILES string of the molecule is CC(C)[Si](C(C)C)(C(C)C)n1ccc2cc(B3OC(C)(C)C(C)(C)O3)ccc21. The van der Waals surface area contributed by atoms with E-state index in [1.165, 1.54) is 10.9 Å². The highest BCUT2D eigenvalue weighted by Gasteiger charge is 2.52. The largest absolute Gasteiger partial charge is 0.494 e. The first kappa shape index (κ1) is 21.7. The lowest BCUT2D eigenvalue weighted by atomic mass is 9.79. The van der Waals surface area contributed by atoms with Crippen molar-refractivity contribution in [3.63, 3.8) is 0 Å². The Hall–Kier alpha value is -1.04. The summed E-state index contributed by atoms with van der Waals surface area (Å²) in [6.07, 6.45) is 2.34. The lowest BCUT2D eigenvalue weighted by Crippen LogP contribution is -2.51. The highest BCUT2D eigenvalue weighted by atomic mass is 28.3. The van der Waals surface area contributed by atoms with E-state index in [9.17, 15) is 0 Å². The molecule has 1 aliphatic heterocycles. The van der Waals surface area contributed by atoms with Crippen LogP contribution in [0.5, 0.6) is 0 Å². The standard InChI is InChI=1S/C23H38BNO2Si/c1-16(2)28(17(3)4,18(5)6)25-14-13-19-15-20(11-12-21(19)25)24-26-22(7,8)23(9,10)27-24/h11-18H,1-10H3. The zero-order valence-corrected chi connectivity index (χ0v) is 20.5. The molecule has 5 heteroatoms. The molecule has 0 N–H and O–H groups in total. The molecule has 1 aromatic heterocycles. The normalized spacial score (nSPS) is 19.5. The monoisotopic (exact) mass is 399 g/mol. The van der Waals surface area contributed by atoms with E-state index in [-0.39, 0.29) is 18.3 Å². The second-order valence-electron chi connectivity index (χ2n) is 10.4. The third kappa shape index (κ3) is 3.10. The van der Waals surface area contributed by atoms with Gasteiger partial charge in [-0.15, -0.1) is 0 Å². The van der Waals surface area contributed by atoms with Crippen LogP contribution in [0.3, 0.4) is 0 Å². The average molecular weight is 399 g/mol. The van der Waals surface area contributed by atoms with Gasteiger partial charge in [0.15, 0.2) is 8.24 Å². The van der Waals surface area contributed by atoms with Crippen LogP contribution in [0.15, 0.2) is 30.5 Å². The first-order valence-corrected chi connectivity index (χ1v) is 13.0. The van der Waals surface area contributed by atoms with Gasteiger partial charge in [-0.05, 0) is 73.5 Å². The van der Waals surface area contributed by atoms with Gasteiger partial charge >= 0.3 is 7.12 Å². The smallest absolute Gasteiger partial charge is 0.399 e. The Morgan fingerprint density at radius 1 is 0.821 bits per heavy atom. The minimum absolute atomic E-state index is 0.306. The maximum atomic E-state index is 6.27. The number of hydrogen-bond donors (Lipinski definition) is 0. The summed E-state index contributed by atoms with van der Waals surface area (Å²) < 4.78 is 15.2. The molecule has 0 amide bonds. The topological polar surface area (TPSA) is 23.4 Å². The molecule has 0 atom stereocenters. The molecule has 0 aliphatic carbocycles. The van der Waals surface area contributed by atoms with Crippen LogP contribution in [-0.2, 0) is 9.31 Å². The van der Waals surface area contributed by atoms with Gasteiger partial charge < -0.3 is 13.5 Å². The Bertz CT molecular complexity index is 816. The minimum atomic E-state index is -1.76. The van der Waals surface area contributed by atoms with E-state index in [0.717, 1.165) is 5.46 Å². The minimum Gasteiger partial charge on any atom is -0.399 e. The molecule has 2 heterocycles. The molecule has 0 bridgehead atoms. The lowest BCUT2D eigenvalue weighted by Gasteiger charge is -2.44. The van der Waals surface area contributed by atoms with Crippen molar-refractivity contribution in [2.45, 2.75) is 97.1 Å². The van der Waals surface area contributed by atoms with Crippen LogP contribution in [0.1, 0.15) is 69.2 Å². The Morgan fingerprint density at radius 3 is 1.79 bits per heavy atom. The first-order chi connectivity index (χ1) is 12.8. The second kappa shape index (κ2) is 7.03. The summed E-state index contributed by atoms with van der Waals surface area (Å²) in [5, 5.41) is 1.28. The Kier molecular flexibility index (Phi) is 5.44. The summed E-state index contributed by atoms with van der Waals surface area (Å²) in [4.78, 5) is 0. The molecule has 0 saturated carbocycles. The number of benzene rings is 1. The van der Waals surface area contributed by atoms with Crippen molar-refractivity contribution in [2.75, 3.05) is 0 Å². The molecular formula is C23H38BNO2Si. The van der Waals surface area contributed by atoms with Crippen molar-refractivity contribution in [3.8, 4) is 0 Å². The molecule has 1 fully saturated rings. The molecule has 28 heavy (non-hydrogen) atoms. The van der Waals surface area contributed by atoms with Gasteiger partial charge in [-0.1, -0.05) is 53.7 Å². The lowest BCUT2D eigenvalue weighted by molar-refractivity contribution is 0.00578. The van der Waals surface area contributed by atoms with E-state index in [4.69, 9.17) is 9.31 Å². The van der Waals surface area contributed by atoms with Crippen molar-refractivity contribution in [1.29, 1.82) is 0 Å². The summed E-state index contributed by atoms with van der Waals surface area (Å²) in [7, 11) is -2.06. The highest BCUT2D eigenvalue weighted by molar-refractivity contribution is 6.82. The van der Waals surface area contributed by atoms with Gasteiger partial charge in [-0.25, -0.2) is 0 Å². The van der Waals surface area contributed by atoms with Crippen LogP contribution >= 0.6 is 0 Å². The molecule has 154 valence electrons. The van der Waals surface area contributed by atoms with Crippen LogP contribution in [0.25, 0.3) is 10.9 Å². The second-order valence-corrected chi connectivity index (χ2v) is 16.2. The van der Waals surface area contributed by atoms with E-state index in [0.29, 0.717) is 16.6 Å². The predicted octanol–water partition coefficient (Wildman–Crippen LogP) is 5.96. The van der Waals surface area contributed by atoms with Crippen molar-refractivity contribution < 1.29 is 9.31 Å². The number of nitrogens with zero attached hydrogens (tertiary/aromatic N) is 1. The Labute approximate surface area is 173 Å². The van der Waals surface area contributed by atoms with E-state index >= 15 is 0 Å². The number of aromatic nitrogens is 1. The molecule has 1 aliphatic rings. The maximum Gasteiger partial charge on any atom is 0.494 e. The number of rotatable bonds is 5. The predicted molar refractivity (Wildman–Crippen MR) is 124 cm³/mol. The van der Waals surface area contributed by atoms with Crippen LogP contribution in [0.4, 0.5) is 0 Å². The molecule has 0 spiro atoms. The molecule has 3 nitrogen and oxygen atoms in total. The van der Waals surface area contributed by atoms with Gasteiger partial charge in [-0.2, -0.15) is 0 Å². The maximum absolute atomic E-state index is 6.27. The third-order valence-electron chi connectivity index (χ3n) is 7.43. The van der Waals surface area contributed by atoms with Crippen LogP contribution in [0, 0.1) is 0 Å². The van der Waals surface area contributed by atoms with Crippen molar-refractivity contribution in [1.82, 2.24) is 4.23 Å². The average Bonchev–Trinajstić information content (AvgIpc) is 3.05. The fourth-order valence-electron chi connectivity index (χ4n) is 5.46. The summed E-state index contributed by atoms with van der Waals surface area (Å²) >= 11 is 0. The van der Waals surface area contributed by atoms with Gasteiger partial charge in [0.1, 0.15) is 0 Å². The van der Waals surface area contributed by atoms with Crippen LogP contribution < -0.4 is 5.46 Å². The van der Waals surface area contributed by atoms with Gasteiger partial charge in [0, 0.05) is 5.52 Å². The van der Waals surface area contributed by atoms with Crippen LogP contribution in [-0.4, -0.2) is 30.8 Å². The van der Waals surface area contributed by atoms with Gasteiger partial charge in [-0.3, -0.25) is 0 Å². The van der Waals surface area contributed by atoms with Gasteiger partial charge in [0.25, 0.3) is 0 Å². The summed E-state index contributed by atoms with van der Waals surface area (Å²) in [5.74, 6) is 0. The molecule has 3 rings (SSSR count). The van der Waals surface area contributed by atoms with Gasteiger partial charge in [0.05, 0.1) is 11.2 Å². The van der Waals surface area contributed by atoms with Crippen molar-refractivity contribution in [3.05, 3.63) is 30.5 Å². The highest BCUT2D eigenvalue weighted by Crippen LogP contribution is 2.44.